The summed E-state index contributed by atoms with van der Waals surface area (Å²) in [5.74, 6) is -0.972. The Morgan fingerprint density at radius 3 is 2.72 bits per heavy atom. The van der Waals surface area contributed by atoms with Crippen molar-refractivity contribution >= 4 is 23.6 Å². The molecule has 29 heavy (non-hydrogen) atoms. The zero-order valence-corrected chi connectivity index (χ0v) is 16.4. The molecule has 1 atom stereocenters. The van der Waals surface area contributed by atoms with Crippen molar-refractivity contribution in [2.24, 2.45) is 0 Å². The molecule has 6 heteroatoms. The van der Waals surface area contributed by atoms with Gasteiger partial charge in [-0.05, 0) is 43.2 Å². The zero-order chi connectivity index (χ0) is 20.6. The number of hydrogen-bond donors (Lipinski definition) is 1. The van der Waals surface area contributed by atoms with Gasteiger partial charge in [-0.2, -0.15) is 5.10 Å². The third-order valence-corrected chi connectivity index (χ3v) is 4.20. The van der Waals surface area contributed by atoms with E-state index in [0.29, 0.717) is 12.2 Å². The third kappa shape index (κ3) is 6.17. The predicted molar refractivity (Wildman–Crippen MR) is 112 cm³/mol. The van der Waals surface area contributed by atoms with Crippen LogP contribution in [0, 0.1) is 6.92 Å². The first-order valence-corrected chi connectivity index (χ1v) is 9.32. The van der Waals surface area contributed by atoms with Crippen LogP contribution < -0.4 is 5.32 Å². The monoisotopic (exact) mass is 389 g/mol. The van der Waals surface area contributed by atoms with Gasteiger partial charge in [0.2, 0.25) is 0 Å². The molecule has 2 aromatic carbocycles. The molecule has 0 aliphatic rings. The summed E-state index contributed by atoms with van der Waals surface area (Å²) in [6, 6.07) is 17.4. The van der Waals surface area contributed by atoms with Crippen LogP contribution in [0.3, 0.4) is 0 Å². The maximum atomic E-state index is 12.2. The van der Waals surface area contributed by atoms with Crippen LogP contribution in [0.4, 0.5) is 5.69 Å². The van der Waals surface area contributed by atoms with Crippen LogP contribution in [0.15, 0.2) is 73.1 Å². The molecule has 3 rings (SSSR count). The SMILES string of the molecule is Cc1cccc(NC(=O)[C@@H](C)OC(=O)/C=C/c2cnn(Cc3ccccc3)c2)c1. The topological polar surface area (TPSA) is 73.2 Å². The Bertz CT molecular complexity index is 1010. The number of carbonyl (C=O) groups excluding carboxylic acids is 2. The summed E-state index contributed by atoms with van der Waals surface area (Å²) < 4.78 is 6.96. The molecule has 0 radical (unpaired) electrons. The second-order valence-electron chi connectivity index (χ2n) is 6.73. The average Bonchev–Trinajstić information content (AvgIpc) is 3.14. The largest absolute Gasteiger partial charge is 0.449 e. The van der Waals surface area contributed by atoms with Crippen molar-refractivity contribution in [1.82, 2.24) is 9.78 Å². The summed E-state index contributed by atoms with van der Waals surface area (Å²) in [4.78, 5) is 24.2. The van der Waals surface area contributed by atoms with E-state index in [1.165, 1.54) is 13.0 Å². The Morgan fingerprint density at radius 2 is 1.97 bits per heavy atom. The molecule has 0 saturated heterocycles. The quantitative estimate of drug-likeness (QED) is 0.492. The van der Waals surface area contributed by atoms with Gasteiger partial charge in [0.25, 0.3) is 5.91 Å². The summed E-state index contributed by atoms with van der Waals surface area (Å²) in [7, 11) is 0. The Balaban J connectivity index is 1.50. The minimum absolute atomic E-state index is 0.381. The van der Waals surface area contributed by atoms with Gasteiger partial charge in [0, 0.05) is 23.5 Å². The maximum absolute atomic E-state index is 12.2. The van der Waals surface area contributed by atoms with E-state index in [1.807, 2.05) is 61.7 Å². The van der Waals surface area contributed by atoms with Gasteiger partial charge in [0.15, 0.2) is 6.10 Å². The van der Waals surface area contributed by atoms with Gasteiger partial charge in [0.1, 0.15) is 0 Å². The average molecular weight is 389 g/mol. The summed E-state index contributed by atoms with van der Waals surface area (Å²) >= 11 is 0. The molecule has 0 aliphatic carbocycles. The van der Waals surface area contributed by atoms with Gasteiger partial charge in [-0.15, -0.1) is 0 Å². The maximum Gasteiger partial charge on any atom is 0.331 e. The van der Waals surface area contributed by atoms with Crippen LogP contribution in [-0.2, 0) is 20.9 Å². The van der Waals surface area contributed by atoms with E-state index in [-0.39, 0.29) is 5.91 Å². The standard InChI is InChI=1S/C23H23N3O3/c1-17-7-6-10-21(13-17)25-23(28)18(2)29-22(27)12-11-20-14-24-26(16-20)15-19-8-4-3-5-9-19/h3-14,16,18H,15H2,1-2H3,(H,25,28)/b12-11+/t18-/m1/s1. The lowest BCUT2D eigenvalue weighted by atomic mass is 10.2. The smallest absolute Gasteiger partial charge is 0.331 e. The molecule has 3 aromatic rings. The van der Waals surface area contributed by atoms with Crippen molar-refractivity contribution in [1.29, 1.82) is 0 Å². The number of nitrogens with one attached hydrogen (secondary N) is 1. The third-order valence-electron chi connectivity index (χ3n) is 4.20. The van der Waals surface area contributed by atoms with E-state index < -0.39 is 12.1 Å². The lowest BCUT2D eigenvalue weighted by molar-refractivity contribution is -0.148. The summed E-state index contributed by atoms with van der Waals surface area (Å²) in [5.41, 5.74) is 3.61. The first kappa shape index (κ1) is 20.1. The minimum atomic E-state index is -0.909. The second kappa shape index (κ2) is 9.50. The fourth-order valence-electron chi connectivity index (χ4n) is 2.72. The van der Waals surface area contributed by atoms with E-state index in [0.717, 1.165) is 16.7 Å². The van der Waals surface area contributed by atoms with Crippen LogP contribution >= 0.6 is 0 Å². The van der Waals surface area contributed by atoms with Crippen molar-refractivity contribution in [3.05, 3.63) is 89.8 Å². The second-order valence-corrected chi connectivity index (χ2v) is 6.73. The van der Waals surface area contributed by atoms with Crippen LogP contribution in [0.2, 0.25) is 0 Å². The van der Waals surface area contributed by atoms with Gasteiger partial charge < -0.3 is 10.1 Å². The summed E-state index contributed by atoms with van der Waals surface area (Å²) in [5, 5.41) is 7.02. The Kier molecular flexibility index (Phi) is 6.58. The Labute approximate surface area is 169 Å². The molecular weight excluding hydrogens is 366 g/mol. The van der Waals surface area contributed by atoms with E-state index in [2.05, 4.69) is 10.4 Å². The number of aromatic nitrogens is 2. The van der Waals surface area contributed by atoms with Crippen molar-refractivity contribution in [2.75, 3.05) is 5.32 Å². The molecule has 6 nitrogen and oxygen atoms in total. The van der Waals surface area contributed by atoms with Crippen LogP contribution in [0.5, 0.6) is 0 Å². The van der Waals surface area contributed by atoms with Gasteiger partial charge in [-0.25, -0.2) is 4.79 Å². The predicted octanol–water partition coefficient (Wildman–Crippen LogP) is 3.82. The lowest BCUT2D eigenvalue weighted by Crippen LogP contribution is -2.29. The molecule has 1 N–H and O–H groups in total. The number of aryl methyl sites for hydroxylation is 1. The number of nitrogens with zero attached hydrogens (tertiary/aromatic N) is 2. The van der Waals surface area contributed by atoms with Gasteiger partial charge in [-0.3, -0.25) is 9.48 Å². The molecule has 1 amide bonds. The van der Waals surface area contributed by atoms with Crippen molar-refractivity contribution in [3.8, 4) is 0 Å². The Morgan fingerprint density at radius 1 is 1.17 bits per heavy atom. The number of carbonyl (C=O) groups is 2. The highest BCUT2D eigenvalue weighted by Gasteiger charge is 2.16. The van der Waals surface area contributed by atoms with Gasteiger partial charge in [0.05, 0.1) is 12.7 Å². The lowest BCUT2D eigenvalue weighted by Gasteiger charge is -2.12. The Hall–Kier alpha value is -3.67. The fraction of sp³-hybridized carbons (Fsp3) is 0.174. The molecule has 1 aromatic heterocycles. The number of esters is 1. The minimum Gasteiger partial charge on any atom is -0.449 e. The number of rotatable bonds is 7. The number of amides is 1. The molecule has 0 unspecified atom stereocenters. The number of ether oxygens (including phenoxy) is 1. The molecule has 148 valence electrons. The molecule has 0 spiro atoms. The molecule has 1 heterocycles. The number of hydrogen-bond acceptors (Lipinski definition) is 4. The molecule has 0 fully saturated rings. The van der Waals surface area contributed by atoms with Crippen molar-refractivity contribution in [2.45, 2.75) is 26.5 Å². The van der Waals surface area contributed by atoms with Crippen LogP contribution in [0.1, 0.15) is 23.6 Å². The highest BCUT2D eigenvalue weighted by Crippen LogP contribution is 2.11. The number of anilines is 1. The zero-order valence-electron chi connectivity index (χ0n) is 16.4. The molecule has 0 aliphatic heterocycles. The first-order valence-electron chi connectivity index (χ1n) is 9.32. The van der Waals surface area contributed by atoms with Gasteiger partial charge >= 0.3 is 5.97 Å². The first-order chi connectivity index (χ1) is 14.0. The summed E-state index contributed by atoms with van der Waals surface area (Å²) in [6.07, 6.45) is 5.50. The highest BCUT2D eigenvalue weighted by molar-refractivity contribution is 5.96. The van der Waals surface area contributed by atoms with E-state index in [9.17, 15) is 9.59 Å². The van der Waals surface area contributed by atoms with Crippen molar-refractivity contribution < 1.29 is 14.3 Å². The molecular formula is C23H23N3O3. The van der Waals surface area contributed by atoms with E-state index >= 15 is 0 Å². The number of benzene rings is 2. The van der Waals surface area contributed by atoms with Gasteiger partial charge in [-0.1, -0.05) is 42.5 Å². The normalized spacial score (nSPS) is 11.9. The van der Waals surface area contributed by atoms with Crippen LogP contribution in [0.25, 0.3) is 6.08 Å². The molecule has 0 bridgehead atoms. The highest BCUT2D eigenvalue weighted by atomic mass is 16.5. The fourth-order valence-corrected chi connectivity index (χ4v) is 2.72. The van der Waals surface area contributed by atoms with Crippen molar-refractivity contribution in [3.63, 3.8) is 0 Å². The van der Waals surface area contributed by atoms with E-state index in [1.54, 1.807) is 23.0 Å². The summed E-state index contributed by atoms with van der Waals surface area (Å²) in [6.45, 7) is 4.12. The molecule has 0 saturated carbocycles. The van der Waals surface area contributed by atoms with E-state index in [4.69, 9.17) is 4.74 Å². The van der Waals surface area contributed by atoms with Crippen LogP contribution in [-0.4, -0.2) is 27.8 Å².